The van der Waals surface area contributed by atoms with Crippen molar-refractivity contribution in [1.29, 1.82) is 0 Å². The molecule has 1 N–H and O–H groups in total. The highest BCUT2D eigenvalue weighted by Gasteiger charge is 2.10. The third-order valence-corrected chi connectivity index (χ3v) is 2.57. The van der Waals surface area contributed by atoms with Gasteiger partial charge in [-0.05, 0) is 24.6 Å². The summed E-state index contributed by atoms with van der Waals surface area (Å²) in [6.07, 6.45) is 3.21. The molecule has 1 aromatic heterocycles. The number of nitrogens with one attached hydrogen (secondary N) is 1. The molecule has 0 fully saturated rings. The standard InChI is InChI=1S/C14H14N2O.ClH/c1-11(12-6-3-2-4-7-12)16-14(17)13-8-5-9-15-10-13;/h2-11H,1H3,(H,16,17);1H. The van der Waals surface area contributed by atoms with Crippen LogP contribution in [-0.4, -0.2) is 10.9 Å². The fourth-order valence-corrected chi connectivity index (χ4v) is 1.60. The highest BCUT2D eigenvalue weighted by atomic mass is 35.5. The van der Waals surface area contributed by atoms with Crippen molar-refractivity contribution in [3.05, 3.63) is 66.0 Å². The summed E-state index contributed by atoms with van der Waals surface area (Å²) in [6, 6.07) is 13.4. The number of carbonyl (C=O) groups excluding carboxylic acids is 1. The Morgan fingerprint density at radius 2 is 1.89 bits per heavy atom. The highest BCUT2D eigenvalue weighted by Crippen LogP contribution is 2.11. The molecule has 0 radical (unpaired) electrons. The molecular weight excluding hydrogens is 248 g/mol. The van der Waals surface area contributed by atoms with E-state index < -0.39 is 0 Å². The molecule has 1 unspecified atom stereocenters. The molecule has 0 saturated carbocycles. The smallest absolute Gasteiger partial charge is 0.253 e. The zero-order chi connectivity index (χ0) is 12.1. The molecule has 0 aliphatic heterocycles. The lowest BCUT2D eigenvalue weighted by atomic mass is 10.1. The fraction of sp³-hybridized carbons (Fsp3) is 0.143. The minimum Gasteiger partial charge on any atom is -0.345 e. The van der Waals surface area contributed by atoms with E-state index in [1.807, 2.05) is 37.3 Å². The molecule has 0 bridgehead atoms. The van der Waals surface area contributed by atoms with Gasteiger partial charge in [0.15, 0.2) is 0 Å². The second-order valence-electron chi connectivity index (χ2n) is 3.85. The number of nitrogens with zero attached hydrogens (tertiary/aromatic N) is 1. The van der Waals surface area contributed by atoms with E-state index in [2.05, 4.69) is 10.3 Å². The summed E-state index contributed by atoms with van der Waals surface area (Å²) in [6.45, 7) is 1.96. The van der Waals surface area contributed by atoms with Gasteiger partial charge in [-0.1, -0.05) is 30.3 Å². The van der Waals surface area contributed by atoms with Crippen molar-refractivity contribution in [2.45, 2.75) is 13.0 Å². The lowest BCUT2D eigenvalue weighted by Gasteiger charge is -2.13. The van der Waals surface area contributed by atoms with Gasteiger partial charge in [0.1, 0.15) is 0 Å². The largest absolute Gasteiger partial charge is 0.345 e. The van der Waals surface area contributed by atoms with E-state index in [0.29, 0.717) is 5.56 Å². The molecule has 2 rings (SSSR count). The maximum absolute atomic E-state index is 11.9. The van der Waals surface area contributed by atoms with E-state index >= 15 is 0 Å². The van der Waals surface area contributed by atoms with Crippen LogP contribution in [0, 0.1) is 0 Å². The van der Waals surface area contributed by atoms with E-state index in [9.17, 15) is 4.79 Å². The van der Waals surface area contributed by atoms with Crippen LogP contribution in [0.4, 0.5) is 0 Å². The maximum atomic E-state index is 11.9. The van der Waals surface area contributed by atoms with Crippen LogP contribution < -0.4 is 5.32 Å². The van der Waals surface area contributed by atoms with Gasteiger partial charge in [0, 0.05) is 12.4 Å². The van der Waals surface area contributed by atoms with Gasteiger partial charge in [-0.3, -0.25) is 9.78 Å². The van der Waals surface area contributed by atoms with Crippen LogP contribution in [0.5, 0.6) is 0 Å². The number of rotatable bonds is 3. The minimum atomic E-state index is -0.102. The van der Waals surface area contributed by atoms with Gasteiger partial charge in [-0.25, -0.2) is 0 Å². The third-order valence-electron chi connectivity index (χ3n) is 2.57. The first-order valence-electron chi connectivity index (χ1n) is 5.53. The Bertz CT molecular complexity index is 488. The molecule has 3 nitrogen and oxygen atoms in total. The number of pyridine rings is 1. The monoisotopic (exact) mass is 262 g/mol. The molecule has 94 valence electrons. The predicted molar refractivity (Wildman–Crippen MR) is 73.8 cm³/mol. The second-order valence-corrected chi connectivity index (χ2v) is 3.85. The summed E-state index contributed by atoms with van der Waals surface area (Å²) in [4.78, 5) is 15.8. The summed E-state index contributed by atoms with van der Waals surface area (Å²) in [5.41, 5.74) is 1.67. The van der Waals surface area contributed by atoms with Crippen molar-refractivity contribution in [1.82, 2.24) is 10.3 Å². The SMILES string of the molecule is CC(NC(=O)c1cccnc1)c1ccccc1.Cl. The van der Waals surface area contributed by atoms with E-state index in [4.69, 9.17) is 0 Å². The Morgan fingerprint density at radius 1 is 1.17 bits per heavy atom. The summed E-state index contributed by atoms with van der Waals surface area (Å²) in [5, 5.41) is 2.93. The van der Waals surface area contributed by atoms with Gasteiger partial charge < -0.3 is 5.32 Å². The van der Waals surface area contributed by atoms with Crippen molar-refractivity contribution in [2.75, 3.05) is 0 Å². The number of aromatic nitrogens is 1. The second kappa shape index (κ2) is 6.77. The van der Waals surface area contributed by atoms with Gasteiger partial charge in [0.25, 0.3) is 5.91 Å². The fourth-order valence-electron chi connectivity index (χ4n) is 1.60. The van der Waals surface area contributed by atoms with Gasteiger partial charge in [0.05, 0.1) is 11.6 Å². The first-order chi connectivity index (χ1) is 8.27. The van der Waals surface area contributed by atoms with E-state index in [1.54, 1.807) is 24.5 Å². The number of carbonyl (C=O) groups is 1. The average molecular weight is 263 g/mol. The molecule has 1 aromatic carbocycles. The van der Waals surface area contributed by atoms with E-state index in [-0.39, 0.29) is 24.4 Å². The van der Waals surface area contributed by atoms with Gasteiger partial charge in [-0.15, -0.1) is 12.4 Å². The zero-order valence-corrected chi connectivity index (χ0v) is 10.9. The van der Waals surface area contributed by atoms with Crippen LogP contribution in [0.25, 0.3) is 0 Å². The Morgan fingerprint density at radius 3 is 2.50 bits per heavy atom. The summed E-state index contributed by atoms with van der Waals surface area (Å²) < 4.78 is 0. The first-order valence-corrected chi connectivity index (χ1v) is 5.53. The average Bonchev–Trinajstić information content (AvgIpc) is 2.40. The van der Waals surface area contributed by atoms with Crippen LogP contribution in [-0.2, 0) is 0 Å². The number of benzene rings is 1. The van der Waals surface area contributed by atoms with Crippen molar-refractivity contribution in [3.63, 3.8) is 0 Å². The van der Waals surface area contributed by atoms with Crippen LogP contribution in [0.1, 0.15) is 28.9 Å². The van der Waals surface area contributed by atoms with Gasteiger partial charge in [-0.2, -0.15) is 0 Å². The normalized spacial score (nSPS) is 11.2. The molecule has 0 spiro atoms. The molecular formula is C14H15ClN2O. The van der Waals surface area contributed by atoms with Gasteiger partial charge >= 0.3 is 0 Å². The van der Waals surface area contributed by atoms with Gasteiger partial charge in [0.2, 0.25) is 0 Å². The molecule has 2 aromatic rings. The number of hydrogen-bond donors (Lipinski definition) is 1. The van der Waals surface area contributed by atoms with Crippen molar-refractivity contribution >= 4 is 18.3 Å². The Hall–Kier alpha value is -1.87. The predicted octanol–water partition coefficient (Wildman–Crippen LogP) is 2.99. The summed E-state index contributed by atoms with van der Waals surface area (Å²) >= 11 is 0. The van der Waals surface area contributed by atoms with Crippen LogP contribution in [0.15, 0.2) is 54.9 Å². The number of amides is 1. The molecule has 18 heavy (non-hydrogen) atoms. The van der Waals surface area contributed by atoms with Crippen LogP contribution in [0.2, 0.25) is 0 Å². The summed E-state index contributed by atoms with van der Waals surface area (Å²) in [5.74, 6) is -0.102. The number of hydrogen-bond acceptors (Lipinski definition) is 2. The van der Waals surface area contributed by atoms with Crippen LogP contribution >= 0.6 is 12.4 Å². The third kappa shape index (κ3) is 3.57. The molecule has 1 amide bonds. The molecule has 1 heterocycles. The Labute approximate surface area is 113 Å². The zero-order valence-electron chi connectivity index (χ0n) is 10.0. The topological polar surface area (TPSA) is 42.0 Å². The van der Waals surface area contributed by atoms with E-state index in [0.717, 1.165) is 5.56 Å². The molecule has 0 saturated heterocycles. The summed E-state index contributed by atoms with van der Waals surface area (Å²) in [7, 11) is 0. The quantitative estimate of drug-likeness (QED) is 0.924. The molecule has 1 atom stereocenters. The van der Waals surface area contributed by atoms with Crippen molar-refractivity contribution in [2.24, 2.45) is 0 Å². The maximum Gasteiger partial charge on any atom is 0.253 e. The first kappa shape index (κ1) is 14.2. The number of halogens is 1. The van der Waals surface area contributed by atoms with Crippen molar-refractivity contribution < 1.29 is 4.79 Å². The Kier molecular flexibility index (Phi) is 5.33. The molecule has 0 aliphatic carbocycles. The van der Waals surface area contributed by atoms with Crippen LogP contribution in [0.3, 0.4) is 0 Å². The lowest BCUT2D eigenvalue weighted by Crippen LogP contribution is -2.26. The lowest BCUT2D eigenvalue weighted by molar-refractivity contribution is 0.0939. The van der Waals surface area contributed by atoms with Crippen molar-refractivity contribution in [3.8, 4) is 0 Å². The minimum absolute atomic E-state index is 0. The molecule has 4 heteroatoms. The highest BCUT2D eigenvalue weighted by molar-refractivity contribution is 5.94. The molecule has 0 aliphatic rings. The van der Waals surface area contributed by atoms with E-state index in [1.165, 1.54) is 0 Å². The Balaban J connectivity index is 0.00000162.